The molecule has 4 N–H and O–H groups in total. The molecule has 0 saturated carbocycles. The number of carboxylic acids is 1. The average molecular weight is 1070 g/mol. The van der Waals surface area contributed by atoms with Gasteiger partial charge in [-0.25, -0.2) is 4.79 Å². The standard InChI is InChI=1S/C15H18Cl2N2O3.C14H20ClNO2.C11H13Cl2NO3.C5H12NO4P/c1-8(2)21-12-7-11(9(16)6-10(12)17)19-14(20)22-13(18-19)15(3,4)5;1-4-11-7-6-8-12(5-2)14(11)16(10-18-3)13(17)9-15;1-11(2)14(10(15)9(12)13)6-8(17-11)7-4-3-5-16-7;1-11(9,10)3-2-4(6)5(7)8/h6-8H,1-5H3;6-8H,4-5,9-10H2,1-3H3;3-5,8-9H,6H2,1-2H3;4H,2-3,6H2,1H3,(H,7,8)(H,9,10). The van der Waals surface area contributed by atoms with Crippen LogP contribution in [0.25, 0.3) is 5.69 Å². The van der Waals surface area contributed by atoms with Crippen molar-refractivity contribution in [2.45, 2.75) is 116 Å². The lowest BCUT2D eigenvalue weighted by atomic mass is 9.97. The van der Waals surface area contributed by atoms with Gasteiger partial charge in [0.25, 0.3) is 5.91 Å². The molecule has 2 amide bonds. The van der Waals surface area contributed by atoms with Gasteiger partial charge >= 0.3 is 11.7 Å². The first kappa shape index (κ1) is 60.5. The number of ether oxygens (including phenoxy) is 3. The van der Waals surface area contributed by atoms with Crippen LogP contribution in [0.2, 0.25) is 10.0 Å². The average Bonchev–Trinajstić information content (AvgIpc) is 4.01. The van der Waals surface area contributed by atoms with Gasteiger partial charge in [0.1, 0.15) is 42.0 Å². The summed E-state index contributed by atoms with van der Waals surface area (Å²) < 4.78 is 38.7. The number of para-hydroxylation sites is 1. The second kappa shape index (κ2) is 27.1. The van der Waals surface area contributed by atoms with E-state index in [9.17, 15) is 23.7 Å². The van der Waals surface area contributed by atoms with E-state index in [1.54, 1.807) is 44.3 Å². The lowest BCUT2D eigenvalue weighted by Gasteiger charge is -2.29. The Morgan fingerprint density at radius 1 is 1.06 bits per heavy atom. The molecule has 2 aromatic heterocycles. The van der Waals surface area contributed by atoms with Gasteiger partial charge in [0.2, 0.25) is 11.8 Å². The fourth-order valence-electron chi connectivity index (χ4n) is 6.22. The van der Waals surface area contributed by atoms with Gasteiger partial charge in [-0.3, -0.25) is 23.8 Å². The molecule has 17 nitrogen and oxygen atoms in total. The molecular formula is C45H63Cl5N5O12P. The highest BCUT2D eigenvalue weighted by Gasteiger charge is 2.45. The van der Waals surface area contributed by atoms with Crippen molar-refractivity contribution in [3.63, 3.8) is 0 Å². The molecule has 3 unspecified atom stereocenters. The van der Waals surface area contributed by atoms with Gasteiger partial charge < -0.3 is 43.7 Å². The molecule has 68 heavy (non-hydrogen) atoms. The third-order valence-corrected chi connectivity index (χ3v) is 11.9. The predicted molar refractivity (Wildman–Crippen MR) is 267 cm³/mol. The number of rotatable bonds is 15. The van der Waals surface area contributed by atoms with Crippen LogP contribution in [0.1, 0.15) is 97.6 Å². The Morgan fingerprint density at radius 3 is 2.10 bits per heavy atom. The first-order valence-corrected chi connectivity index (χ1v) is 25.8. The highest BCUT2D eigenvalue weighted by Crippen LogP contribution is 2.38. The minimum atomic E-state index is -3.10. The van der Waals surface area contributed by atoms with E-state index in [0.29, 0.717) is 34.7 Å². The number of hydrogen-bond donors (Lipinski definition) is 3. The van der Waals surface area contributed by atoms with E-state index in [4.69, 9.17) is 96.8 Å². The molecule has 23 heteroatoms. The maximum atomic E-state index is 12.1. The third kappa shape index (κ3) is 18.3. The largest absolute Gasteiger partial charge is 0.489 e. The van der Waals surface area contributed by atoms with Gasteiger partial charge in [0.05, 0.1) is 40.3 Å². The molecule has 0 aliphatic carbocycles. The zero-order chi connectivity index (χ0) is 51.9. The summed E-state index contributed by atoms with van der Waals surface area (Å²) in [6, 6.07) is 11.8. The minimum absolute atomic E-state index is 0.0371. The summed E-state index contributed by atoms with van der Waals surface area (Å²) in [4.78, 5) is 56.8. The number of aromatic nitrogens is 2. The number of methoxy groups -OCH3 is 1. The lowest BCUT2D eigenvalue weighted by Crippen LogP contribution is -2.45. The summed E-state index contributed by atoms with van der Waals surface area (Å²) in [5.41, 5.74) is 7.57. The number of nitrogens with two attached hydrogens (primary N) is 1. The second-order valence-corrected chi connectivity index (χ2v) is 21.8. The predicted octanol–water partition coefficient (Wildman–Crippen LogP) is 9.61. The number of carbonyl (C=O) groups excluding carboxylic acids is 2. The van der Waals surface area contributed by atoms with E-state index in [1.165, 1.54) is 17.6 Å². The summed E-state index contributed by atoms with van der Waals surface area (Å²) in [6.45, 7) is 19.0. The van der Waals surface area contributed by atoms with Crippen LogP contribution >= 0.6 is 65.4 Å². The van der Waals surface area contributed by atoms with Crippen molar-refractivity contribution in [3.8, 4) is 11.4 Å². The number of carboxylic acid groups (broad SMARTS) is 1. The lowest BCUT2D eigenvalue weighted by molar-refractivity contribution is -0.144. The van der Waals surface area contributed by atoms with Crippen molar-refractivity contribution < 1.29 is 52.0 Å². The SMILES string of the molecule is CC(C)Oc1cc(-n2nc(C(C)(C)C)oc2=O)c(Cl)cc1Cl.CC1(C)OC(c2ccco2)CN1C(=O)C(Cl)Cl.CCc1cccc(CC)c1N(COC)C(=O)CCl.CP(=O)(O)CCC(N)C(=O)O. The van der Waals surface area contributed by atoms with E-state index in [0.717, 1.165) is 34.3 Å². The van der Waals surface area contributed by atoms with Crippen molar-refractivity contribution in [2.24, 2.45) is 5.73 Å². The molecule has 0 radical (unpaired) electrons. The number of halogens is 5. The normalized spacial score (nSPS) is 15.5. The van der Waals surface area contributed by atoms with Crippen LogP contribution in [0.4, 0.5) is 5.69 Å². The number of benzene rings is 2. The number of carbonyl (C=O) groups is 3. The molecule has 2 aromatic carbocycles. The smallest absolute Gasteiger partial charge is 0.442 e. The van der Waals surface area contributed by atoms with Gasteiger partial charge in [-0.1, -0.05) is 99.2 Å². The van der Waals surface area contributed by atoms with Crippen LogP contribution < -0.4 is 21.1 Å². The molecule has 1 aliphatic heterocycles. The van der Waals surface area contributed by atoms with Crippen LogP contribution in [0, 0.1) is 0 Å². The van der Waals surface area contributed by atoms with E-state index in [1.807, 2.05) is 58.9 Å². The Labute approximate surface area is 422 Å². The Hall–Kier alpha value is -3.61. The van der Waals surface area contributed by atoms with Crippen LogP contribution in [0.15, 0.2) is 62.4 Å². The molecule has 5 rings (SSSR count). The fourth-order valence-corrected chi connectivity index (χ4v) is 7.86. The third-order valence-electron chi connectivity index (χ3n) is 9.60. The first-order chi connectivity index (χ1) is 31.5. The number of nitrogens with zero attached hydrogens (tertiary/aromatic N) is 4. The quantitative estimate of drug-likeness (QED) is 0.0572. The Kier molecular flexibility index (Phi) is 24.1. The zero-order valence-electron chi connectivity index (χ0n) is 40.1. The Morgan fingerprint density at radius 2 is 1.66 bits per heavy atom. The first-order valence-electron chi connectivity index (χ1n) is 21.3. The molecule has 1 aliphatic rings. The fraction of sp³-hybridized carbons (Fsp3) is 0.533. The van der Waals surface area contributed by atoms with Crippen molar-refractivity contribution in [1.29, 1.82) is 0 Å². The number of aliphatic carboxylic acids is 1. The molecule has 4 aromatic rings. The summed E-state index contributed by atoms with van der Waals surface area (Å²) in [7, 11) is -1.52. The van der Waals surface area contributed by atoms with Crippen LogP contribution in [-0.2, 0) is 46.7 Å². The van der Waals surface area contributed by atoms with E-state index < -0.39 is 35.7 Å². The maximum Gasteiger partial charge on any atom is 0.442 e. The molecule has 1 fully saturated rings. The molecule has 1 saturated heterocycles. The molecule has 3 atom stereocenters. The van der Waals surface area contributed by atoms with Crippen molar-refractivity contribution in [3.05, 3.63) is 92.1 Å². The highest BCUT2D eigenvalue weighted by molar-refractivity contribution is 7.57. The second-order valence-electron chi connectivity index (χ2n) is 17.1. The summed E-state index contributed by atoms with van der Waals surface area (Å²) in [5.74, 6) is -0.818. The molecular weight excluding hydrogens is 1010 g/mol. The number of amides is 2. The number of aryl methyl sites for hydroxylation is 2. The van der Waals surface area contributed by atoms with Gasteiger partial charge in [0, 0.05) is 31.4 Å². The Bertz CT molecular complexity index is 2340. The van der Waals surface area contributed by atoms with Crippen molar-refractivity contribution in [2.75, 3.05) is 44.0 Å². The number of anilines is 1. The van der Waals surface area contributed by atoms with Crippen LogP contribution in [0.5, 0.6) is 5.75 Å². The summed E-state index contributed by atoms with van der Waals surface area (Å²) in [6.07, 6.45) is 2.97. The highest BCUT2D eigenvalue weighted by atomic mass is 35.5. The zero-order valence-corrected chi connectivity index (χ0v) is 44.7. The van der Waals surface area contributed by atoms with Crippen LogP contribution in [-0.4, -0.2) is 104 Å². The molecule has 0 spiro atoms. The van der Waals surface area contributed by atoms with E-state index in [-0.39, 0.29) is 59.7 Å². The van der Waals surface area contributed by atoms with E-state index >= 15 is 0 Å². The minimum Gasteiger partial charge on any atom is -0.489 e. The topological polar surface area (TPSA) is 230 Å². The Balaban J connectivity index is 0.000000319. The van der Waals surface area contributed by atoms with Gasteiger partial charge in [-0.15, -0.1) is 16.7 Å². The number of hydrogen-bond acceptors (Lipinski definition) is 12. The van der Waals surface area contributed by atoms with Crippen molar-refractivity contribution >= 4 is 88.8 Å². The molecule has 0 bridgehead atoms. The summed E-state index contributed by atoms with van der Waals surface area (Å²) in [5, 5.41) is 13.2. The maximum absolute atomic E-state index is 12.1. The van der Waals surface area contributed by atoms with Crippen LogP contribution in [0.3, 0.4) is 0 Å². The number of furan rings is 1. The summed E-state index contributed by atoms with van der Waals surface area (Å²) >= 11 is 29.2. The van der Waals surface area contributed by atoms with Gasteiger partial charge in [-0.05, 0) is 76.3 Å². The molecule has 3 heterocycles. The molecule has 380 valence electrons. The monoisotopic (exact) mass is 1070 g/mol. The van der Waals surface area contributed by atoms with Crippen molar-refractivity contribution in [1.82, 2.24) is 14.7 Å². The van der Waals surface area contributed by atoms with Gasteiger partial charge in [0.15, 0.2) is 12.2 Å². The van der Waals surface area contributed by atoms with Gasteiger partial charge in [-0.2, -0.15) is 4.68 Å². The van der Waals surface area contributed by atoms with E-state index in [2.05, 4.69) is 18.9 Å². The number of alkyl halides is 3.